The van der Waals surface area contributed by atoms with Crippen LogP contribution in [0.4, 0.5) is 5.69 Å². The molecule has 0 fully saturated rings. The van der Waals surface area contributed by atoms with Crippen molar-refractivity contribution in [2.45, 2.75) is 19.3 Å². The van der Waals surface area contributed by atoms with E-state index in [1.54, 1.807) is 12.1 Å². The maximum absolute atomic E-state index is 11.8. The molecule has 0 aliphatic heterocycles. The first kappa shape index (κ1) is 12.5. The van der Waals surface area contributed by atoms with Gasteiger partial charge in [0, 0.05) is 24.1 Å². The van der Waals surface area contributed by atoms with Crippen LogP contribution >= 0.6 is 0 Å². The highest BCUT2D eigenvalue weighted by atomic mass is 16.6. The van der Waals surface area contributed by atoms with Crippen molar-refractivity contribution in [3.05, 3.63) is 63.7 Å². The minimum atomic E-state index is -0.407. The van der Waals surface area contributed by atoms with Crippen LogP contribution in [0, 0.1) is 10.1 Å². The fourth-order valence-electron chi connectivity index (χ4n) is 2.60. The number of nitrogens with zero attached hydrogens (tertiary/aromatic N) is 1. The highest BCUT2D eigenvalue weighted by molar-refractivity contribution is 5.99. The van der Waals surface area contributed by atoms with Gasteiger partial charge in [0.2, 0.25) is 0 Å². The van der Waals surface area contributed by atoms with Gasteiger partial charge in [-0.15, -0.1) is 0 Å². The molecule has 0 unspecified atom stereocenters. The van der Waals surface area contributed by atoms with Crippen LogP contribution in [0.15, 0.2) is 42.5 Å². The molecule has 1 aliphatic rings. The van der Waals surface area contributed by atoms with Gasteiger partial charge in [-0.2, -0.15) is 0 Å². The normalized spacial score (nSPS) is 13.9. The van der Waals surface area contributed by atoms with Gasteiger partial charge in [-0.1, -0.05) is 18.2 Å². The summed E-state index contributed by atoms with van der Waals surface area (Å²) in [6, 6.07) is 12.3. The average molecular weight is 267 g/mol. The van der Waals surface area contributed by atoms with Crippen LogP contribution in [0.2, 0.25) is 0 Å². The Bertz CT molecular complexity index is 689. The highest BCUT2D eigenvalue weighted by Crippen LogP contribution is 2.28. The van der Waals surface area contributed by atoms with E-state index < -0.39 is 4.92 Å². The lowest BCUT2D eigenvalue weighted by molar-refractivity contribution is -0.384. The lowest BCUT2D eigenvalue weighted by atomic mass is 9.88. The molecule has 0 aromatic heterocycles. The molecule has 0 radical (unpaired) electrons. The van der Waals surface area contributed by atoms with Crippen LogP contribution in [-0.2, 0) is 6.42 Å². The summed E-state index contributed by atoms with van der Waals surface area (Å²) in [7, 11) is 0. The number of nitro benzene ring substituents is 1. The van der Waals surface area contributed by atoms with Crippen LogP contribution < -0.4 is 0 Å². The zero-order valence-corrected chi connectivity index (χ0v) is 10.8. The first-order chi connectivity index (χ1) is 9.65. The SMILES string of the molecule is O=C1CCCc2cc(-c3ccc([N+](=O)[O-])cc3)ccc21. The van der Waals surface area contributed by atoms with Crippen molar-refractivity contribution in [2.75, 3.05) is 0 Å². The Hall–Kier alpha value is -2.49. The van der Waals surface area contributed by atoms with Gasteiger partial charge < -0.3 is 0 Å². The van der Waals surface area contributed by atoms with Gasteiger partial charge in [-0.3, -0.25) is 14.9 Å². The molecule has 0 amide bonds. The van der Waals surface area contributed by atoms with Gasteiger partial charge in [-0.25, -0.2) is 0 Å². The Morgan fingerprint density at radius 3 is 2.35 bits per heavy atom. The largest absolute Gasteiger partial charge is 0.294 e. The van der Waals surface area contributed by atoms with Crippen molar-refractivity contribution in [1.29, 1.82) is 0 Å². The van der Waals surface area contributed by atoms with Crippen molar-refractivity contribution in [3.8, 4) is 11.1 Å². The van der Waals surface area contributed by atoms with E-state index in [1.165, 1.54) is 12.1 Å². The number of carbonyl (C=O) groups excluding carboxylic acids is 1. The molecule has 0 bridgehead atoms. The number of Topliss-reactive ketones (excluding diaryl/α,β-unsaturated/α-hetero) is 1. The van der Waals surface area contributed by atoms with Crippen molar-refractivity contribution in [1.82, 2.24) is 0 Å². The Morgan fingerprint density at radius 2 is 1.65 bits per heavy atom. The molecule has 2 aromatic carbocycles. The number of aryl methyl sites for hydroxylation is 1. The fourth-order valence-corrected chi connectivity index (χ4v) is 2.60. The molecular weight excluding hydrogens is 254 g/mol. The van der Waals surface area contributed by atoms with Gasteiger partial charge in [0.25, 0.3) is 5.69 Å². The zero-order valence-electron chi connectivity index (χ0n) is 10.8. The molecule has 3 rings (SSSR count). The number of hydrogen-bond acceptors (Lipinski definition) is 3. The monoisotopic (exact) mass is 267 g/mol. The van der Waals surface area contributed by atoms with E-state index >= 15 is 0 Å². The van der Waals surface area contributed by atoms with Crippen LogP contribution in [-0.4, -0.2) is 10.7 Å². The molecule has 0 N–H and O–H groups in total. The number of carbonyl (C=O) groups is 1. The van der Waals surface area contributed by atoms with Crippen LogP contribution in [0.3, 0.4) is 0 Å². The van der Waals surface area contributed by atoms with E-state index in [4.69, 9.17) is 0 Å². The number of benzene rings is 2. The first-order valence-electron chi connectivity index (χ1n) is 6.56. The molecule has 100 valence electrons. The van der Waals surface area contributed by atoms with Gasteiger partial charge in [0.05, 0.1) is 4.92 Å². The van der Waals surface area contributed by atoms with Crippen molar-refractivity contribution in [3.63, 3.8) is 0 Å². The molecule has 0 saturated carbocycles. The van der Waals surface area contributed by atoms with E-state index in [1.807, 2.05) is 18.2 Å². The zero-order chi connectivity index (χ0) is 14.1. The molecule has 4 heteroatoms. The summed E-state index contributed by atoms with van der Waals surface area (Å²) < 4.78 is 0. The summed E-state index contributed by atoms with van der Waals surface area (Å²) in [6.45, 7) is 0. The smallest absolute Gasteiger partial charge is 0.269 e. The van der Waals surface area contributed by atoms with E-state index in [0.29, 0.717) is 6.42 Å². The predicted molar refractivity (Wildman–Crippen MR) is 75.8 cm³/mol. The van der Waals surface area contributed by atoms with Gasteiger partial charge >= 0.3 is 0 Å². The summed E-state index contributed by atoms with van der Waals surface area (Å²) in [5.41, 5.74) is 3.91. The highest BCUT2D eigenvalue weighted by Gasteiger charge is 2.17. The molecule has 0 saturated heterocycles. The fraction of sp³-hybridized carbons (Fsp3) is 0.188. The standard InChI is InChI=1S/C16H13NO3/c18-16-3-1-2-13-10-12(6-9-15(13)16)11-4-7-14(8-5-11)17(19)20/h4-10H,1-3H2. The molecular formula is C16H13NO3. The average Bonchev–Trinajstić information content (AvgIpc) is 2.47. The second-order valence-corrected chi connectivity index (χ2v) is 4.95. The Kier molecular flexibility index (Phi) is 3.06. The van der Waals surface area contributed by atoms with Gasteiger partial charge in [-0.05, 0) is 41.7 Å². The third kappa shape index (κ3) is 2.20. The van der Waals surface area contributed by atoms with Crippen molar-refractivity contribution < 1.29 is 9.72 Å². The molecule has 0 spiro atoms. The third-order valence-electron chi connectivity index (χ3n) is 3.67. The molecule has 20 heavy (non-hydrogen) atoms. The summed E-state index contributed by atoms with van der Waals surface area (Å²) in [5.74, 6) is 0.210. The Labute approximate surface area is 116 Å². The second kappa shape index (κ2) is 4.89. The van der Waals surface area contributed by atoms with Crippen molar-refractivity contribution in [2.24, 2.45) is 0 Å². The van der Waals surface area contributed by atoms with E-state index in [-0.39, 0.29) is 11.5 Å². The van der Waals surface area contributed by atoms with Gasteiger partial charge in [0.1, 0.15) is 0 Å². The summed E-state index contributed by atoms with van der Waals surface area (Å²) >= 11 is 0. The topological polar surface area (TPSA) is 60.2 Å². The maximum Gasteiger partial charge on any atom is 0.269 e. The Balaban J connectivity index is 1.98. The summed E-state index contributed by atoms with van der Waals surface area (Å²) in [6.07, 6.45) is 2.45. The molecule has 0 atom stereocenters. The number of fused-ring (bicyclic) bond motifs is 1. The Morgan fingerprint density at radius 1 is 0.950 bits per heavy atom. The van der Waals surface area contributed by atoms with E-state index in [2.05, 4.69) is 0 Å². The number of nitro groups is 1. The number of hydrogen-bond donors (Lipinski definition) is 0. The summed E-state index contributed by atoms with van der Waals surface area (Å²) in [4.78, 5) is 22.0. The predicted octanol–water partition coefficient (Wildman–Crippen LogP) is 3.78. The second-order valence-electron chi connectivity index (χ2n) is 4.95. The molecule has 2 aromatic rings. The minimum Gasteiger partial charge on any atom is -0.294 e. The number of non-ortho nitro benzene ring substituents is 1. The van der Waals surface area contributed by atoms with E-state index in [9.17, 15) is 14.9 Å². The lowest BCUT2D eigenvalue weighted by Gasteiger charge is -2.15. The molecule has 1 aliphatic carbocycles. The third-order valence-corrected chi connectivity index (χ3v) is 3.67. The van der Waals surface area contributed by atoms with Crippen molar-refractivity contribution >= 4 is 11.5 Å². The van der Waals surface area contributed by atoms with Gasteiger partial charge in [0.15, 0.2) is 5.78 Å². The quantitative estimate of drug-likeness (QED) is 0.614. The maximum atomic E-state index is 11.8. The van der Waals surface area contributed by atoms with Crippen LogP contribution in [0.25, 0.3) is 11.1 Å². The molecule has 4 nitrogen and oxygen atoms in total. The lowest BCUT2D eigenvalue weighted by Crippen LogP contribution is -2.10. The number of ketones is 1. The first-order valence-corrected chi connectivity index (χ1v) is 6.56. The minimum absolute atomic E-state index is 0.0851. The number of rotatable bonds is 2. The molecule has 0 heterocycles. The summed E-state index contributed by atoms with van der Waals surface area (Å²) in [5, 5.41) is 10.6. The van der Waals surface area contributed by atoms with Crippen LogP contribution in [0.1, 0.15) is 28.8 Å². The van der Waals surface area contributed by atoms with Crippen LogP contribution in [0.5, 0.6) is 0 Å². The van der Waals surface area contributed by atoms with E-state index in [0.717, 1.165) is 35.1 Å².